The molecule has 1 unspecified atom stereocenters. The molecule has 1 spiro atoms. The fourth-order valence-electron chi connectivity index (χ4n) is 3.95. The Morgan fingerprint density at radius 1 is 0.929 bits per heavy atom. The highest BCUT2D eigenvalue weighted by Crippen LogP contribution is 2.56. The molecule has 2 heterocycles. The third-order valence-electron chi connectivity index (χ3n) is 5.19. The highest BCUT2D eigenvalue weighted by Gasteiger charge is 2.53. The molecule has 28 heavy (non-hydrogen) atoms. The molecule has 0 radical (unpaired) electrons. The Kier molecular flexibility index (Phi) is 3.13. The number of carboxylic acids is 1. The van der Waals surface area contributed by atoms with Crippen molar-refractivity contribution in [3.05, 3.63) is 88.0 Å². The van der Waals surface area contributed by atoms with Crippen molar-refractivity contribution in [2.24, 2.45) is 0 Å². The molecule has 6 nitrogen and oxygen atoms in total. The minimum atomic E-state index is -1.35. The van der Waals surface area contributed by atoms with Crippen LogP contribution in [0.2, 0.25) is 0 Å². The fraction of sp³-hybridized carbons (Fsp3) is 0.0909. The summed E-state index contributed by atoms with van der Waals surface area (Å²) in [5.41, 5.74) is 1.53. The summed E-state index contributed by atoms with van der Waals surface area (Å²) in [6, 6.07) is 14.4. The third kappa shape index (κ3) is 2.02. The Morgan fingerprint density at radius 2 is 1.64 bits per heavy atom. The van der Waals surface area contributed by atoms with Gasteiger partial charge in [-0.25, -0.2) is 9.59 Å². The topological polar surface area (TPSA) is 93.1 Å². The number of aromatic hydroxyl groups is 1. The van der Waals surface area contributed by atoms with Crippen LogP contribution in [0.4, 0.5) is 0 Å². The lowest BCUT2D eigenvalue weighted by Gasteiger charge is -2.36. The van der Waals surface area contributed by atoms with Crippen LogP contribution in [0.5, 0.6) is 17.2 Å². The van der Waals surface area contributed by atoms with E-state index in [1.54, 1.807) is 6.07 Å². The normalized spacial score (nSPS) is 18.7. The third-order valence-corrected chi connectivity index (χ3v) is 5.19. The summed E-state index contributed by atoms with van der Waals surface area (Å²) in [6.45, 7) is 1.91. The molecule has 2 aliphatic heterocycles. The van der Waals surface area contributed by atoms with Crippen molar-refractivity contribution >= 4 is 11.9 Å². The first-order chi connectivity index (χ1) is 13.4. The van der Waals surface area contributed by atoms with Gasteiger partial charge in [-0.1, -0.05) is 12.1 Å². The minimum Gasteiger partial charge on any atom is -0.508 e. The average molecular weight is 374 g/mol. The average Bonchev–Trinajstić information content (AvgIpc) is 2.94. The van der Waals surface area contributed by atoms with Gasteiger partial charge in [-0.2, -0.15) is 0 Å². The molecule has 0 fully saturated rings. The first-order valence-electron chi connectivity index (χ1n) is 8.64. The van der Waals surface area contributed by atoms with Crippen LogP contribution in [-0.4, -0.2) is 22.2 Å². The van der Waals surface area contributed by atoms with E-state index >= 15 is 0 Å². The Bertz CT molecular complexity index is 1140. The summed E-state index contributed by atoms with van der Waals surface area (Å²) in [6.07, 6.45) is 0. The first-order valence-corrected chi connectivity index (χ1v) is 8.64. The lowest BCUT2D eigenvalue weighted by molar-refractivity contribution is 0.0224. The molecule has 0 saturated heterocycles. The van der Waals surface area contributed by atoms with Gasteiger partial charge in [0.2, 0.25) is 0 Å². The van der Waals surface area contributed by atoms with Crippen molar-refractivity contribution in [3.8, 4) is 17.2 Å². The van der Waals surface area contributed by atoms with Crippen LogP contribution in [-0.2, 0) is 10.3 Å². The Hall–Kier alpha value is -3.80. The number of carboxylic acid groups (broad SMARTS) is 1. The number of esters is 1. The van der Waals surface area contributed by atoms with E-state index in [1.807, 2.05) is 25.1 Å². The van der Waals surface area contributed by atoms with Gasteiger partial charge in [0.05, 0.1) is 11.1 Å². The van der Waals surface area contributed by atoms with Crippen LogP contribution < -0.4 is 4.74 Å². The van der Waals surface area contributed by atoms with Crippen molar-refractivity contribution in [1.82, 2.24) is 0 Å². The number of phenols is 1. The SMILES string of the molecule is Cc1ccc2c(c1)Oc1cc(O)ccc1C21OC(=O)c2ccc(C(=O)O)cc21. The Balaban J connectivity index is 1.90. The van der Waals surface area contributed by atoms with Gasteiger partial charge in [-0.05, 0) is 48.9 Å². The van der Waals surface area contributed by atoms with E-state index < -0.39 is 17.5 Å². The maximum absolute atomic E-state index is 12.7. The van der Waals surface area contributed by atoms with Gasteiger partial charge < -0.3 is 19.7 Å². The molecular weight excluding hydrogens is 360 g/mol. The van der Waals surface area contributed by atoms with Crippen molar-refractivity contribution in [2.45, 2.75) is 12.5 Å². The zero-order valence-electron chi connectivity index (χ0n) is 14.7. The summed E-state index contributed by atoms with van der Waals surface area (Å²) >= 11 is 0. The second-order valence-electron chi connectivity index (χ2n) is 6.92. The molecule has 5 rings (SSSR count). The maximum atomic E-state index is 12.7. The van der Waals surface area contributed by atoms with Crippen LogP contribution in [0.1, 0.15) is 43.0 Å². The summed E-state index contributed by atoms with van der Waals surface area (Å²) in [4.78, 5) is 24.3. The minimum absolute atomic E-state index is 0.00818. The predicted octanol–water partition coefficient (Wildman–Crippen LogP) is 3.97. The number of aryl methyl sites for hydroxylation is 1. The quantitative estimate of drug-likeness (QED) is 0.626. The van der Waals surface area contributed by atoms with Crippen LogP contribution in [0.3, 0.4) is 0 Å². The molecule has 0 aliphatic carbocycles. The molecule has 138 valence electrons. The van der Waals surface area contributed by atoms with Crippen molar-refractivity contribution in [2.75, 3.05) is 0 Å². The molecule has 0 aromatic heterocycles. The van der Waals surface area contributed by atoms with Crippen molar-refractivity contribution in [1.29, 1.82) is 0 Å². The fourth-order valence-corrected chi connectivity index (χ4v) is 3.95. The maximum Gasteiger partial charge on any atom is 0.340 e. The van der Waals surface area contributed by atoms with E-state index in [-0.39, 0.29) is 11.3 Å². The zero-order chi connectivity index (χ0) is 19.6. The van der Waals surface area contributed by atoms with Gasteiger partial charge >= 0.3 is 11.9 Å². The molecule has 3 aromatic rings. The Morgan fingerprint density at radius 3 is 2.39 bits per heavy atom. The zero-order valence-corrected chi connectivity index (χ0v) is 14.7. The second kappa shape index (κ2) is 5.36. The van der Waals surface area contributed by atoms with Gasteiger partial charge in [0, 0.05) is 22.8 Å². The monoisotopic (exact) mass is 374 g/mol. The molecule has 2 aliphatic rings. The molecule has 0 bridgehead atoms. The molecule has 0 amide bonds. The number of carbonyl (C=O) groups is 2. The number of phenolic OH excluding ortho intramolecular Hbond substituents is 1. The van der Waals surface area contributed by atoms with E-state index in [0.717, 1.165) is 5.56 Å². The van der Waals surface area contributed by atoms with Crippen LogP contribution in [0.25, 0.3) is 0 Å². The van der Waals surface area contributed by atoms with E-state index in [4.69, 9.17) is 9.47 Å². The number of rotatable bonds is 1. The van der Waals surface area contributed by atoms with Crippen LogP contribution >= 0.6 is 0 Å². The van der Waals surface area contributed by atoms with E-state index in [9.17, 15) is 19.8 Å². The summed E-state index contributed by atoms with van der Waals surface area (Å²) < 4.78 is 11.9. The molecule has 2 N–H and O–H groups in total. The van der Waals surface area contributed by atoms with E-state index in [2.05, 4.69) is 0 Å². The number of ether oxygens (including phenoxy) is 2. The largest absolute Gasteiger partial charge is 0.508 e. The number of fused-ring (bicyclic) bond motifs is 6. The Labute approximate surface area is 159 Å². The highest BCUT2D eigenvalue weighted by molar-refractivity contribution is 5.99. The van der Waals surface area contributed by atoms with Gasteiger partial charge in [-0.15, -0.1) is 0 Å². The van der Waals surface area contributed by atoms with Gasteiger partial charge in [0.1, 0.15) is 17.2 Å². The molecule has 6 heteroatoms. The van der Waals surface area contributed by atoms with Crippen LogP contribution in [0, 0.1) is 6.92 Å². The second-order valence-corrected chi connectivity index (χ2v) is 6.92. The molecule has 0 saturated carbocycles. The summed E-state index contributed by atoms with van der Waals surface area (Å²) in [5, 5.41) is 19.4. The number of benzene rings is 3. The van der Waals surface area contributed by atoms with Crippen LogP contribution in [0.15, 0.2) is 54.6 Å². The number of aromatic carboxylic acids is 1. The number of hydrogen-bond donors (Lipinski definition) is 2. The lowest BCUT2D eigenvalue weighted by atomic mass is 9.77. The van der Waals surface area contributed by atoms with Crippen molar-refractivity contribution in [3.63, 3.8) is 0 Å². The highest BCUT2D eigenvalue weighted by atomic mass is 16.6. The molecule has 1 atom stereocenters. The lowest BCUT2D eigenvalue weighted by Crippen LogP contribution is -2.33. The molecular formula is C22H14O6. The van der Waals surface area contributed by atoms with Gasteiger partial charge in [0.15, 0.2) is 5.60 Å². The van der Waals surface area contributed by atoms with Gasteiger partial charge in [-0.3, -0.25) is 0 Å². The van der Waals surface area contributed by atoms with Crippen molar-refractivity contribution < 1.29 is 29.3 Å². The number of carbonyl (C=O) groups excluding carboxylic acids is 1. The smallest absolute Gasteiger partial charge is 0.340 e. The van der Waals surface area contributed by atoms with Gasteiger partial charge in [0.25, 0.3) is 0 Å². The number of hydrogen-bond acceptors (Lipinski definition) is 5. The standard InChI is InChI=1S/C22H14O6/c1-11-2-6-15-18(8-11)27-19-10-13(23)4-7-16(19)22(15)17-9-12(20(24)25)3-5-14(17)21(26)28-22/h2-10,23H,1H3,(H,24,25). The summed E-state index contributed by atoms with van der Waals surface area (Å²) in [5.74, 6) is -0.799. The first kappa shape index (κ1) is 16.4. The predicted molar refractivity (Wildman–Crippen MR) is 98.1 cm³/mol. The summed E-state index contributed by atoms with van der Waals surface area (Å²) in [7, 11) is 0. The van der Waals surface area contributed by atoms with E-state index in [1.165, 1.54) is 30.3 Å². The van der Waals surface area contributed by atoms with E-state index in [0.29, 0.717) is 33.8 Å². The molecule has 3 aromatic carbocycles.